The average Bonchev–Trinajstić information content (AvgIpc) is 2.74. The fourth-order valence-corrected chi connectivity index (χ4v) is 4.64. The summed E-state index contributed by atoms with van der Waals surface area (Å²) in [7, 11) is 0. The Hall–Kier alpha value is 0.140. The van der Waals surface area contributed by atoms with Crippen LogP contribution >= 0.6 is 27.3 Å². The topological polar surface area (TPSA) is 26.0 Å². The lowest BCUT2D eigenvalue weighted by Gasteiger charge is -2.37. The molecule has 18 heavy (non-hydrogen) atoms. The molecule has 1 aliphatic carbocycles. The van der Waals surface area contributed by atoms with Crippen molar-refractivity contribution in [2.24, 2.45) is 11.7 Å². The average molecular weight is 330 g/mol. The van der Waals surface area contributed by atoms with Gasteiger partial charge in [-0.3, -0.25) is 0 Å². The molecule has 2 N–H and O–H groups in total. The van der Waals surface area contributed by atoms with Gasteiger partial charge in [0.1, 0.15) is 0 Å². The van der Waals surface area contributed by atoms with Crippen LogP contribution < -0.4 is 5.73 Å². The Morgan fingerprint density at radius 3 is 2.67 bits per heavy atom. The van der Waals surface area contributed by atoms with Crippen LogP contribution in [0.4, 0.5) is 0 Å². The summed E-state index contributed by atoms with van der Waals surface area (Å²) in [6.45, 7) is 2.28. The van der Waals surface area contributed by atoms with E-state index >= 15 is 0 Å². The van der Waals surface area contributed by atoms with Gasteiger partial charge in [0.05, 0.1) is 3.79 Å². The van der Waals surface area contributed by atoms with Crippen molar-refractivity contribution >= 4 is 27.3 Å². The Balaban J connectivity index is 1.83. The molecule has 3 heteroatoms. The summed E-state index contributed by atoms with van der Waals surface area (Å²) < 4.78 is 1.22. The van der Waals surface area contributed by atoms with Crippen LogP contribution in [0.15, 0.2) is 15.9 Å². The van der Waals surface area contributed by atoms with Crippen molar-refractivity contribution in [2.45, 2.75) is 63.8 Å². The minimum atomic E-state index is 0.0625. The molecule has 0 unspecified atom stereocenters. The molecule has 0 bridgehead atoms. The van der Waals surface area contributed by atoms with E-state index in [1.165, 1.54) is 53.6 Å². The standard InChI is InChI=1S/C15H24BrNS/c1-2-3-4-12-7-9-15(17,10-8-12)11-13-5-6-14(16)18-13/h5-6,12H,2-4,7-11,17H2,1H3. The molecule has 0 amide bonds. The fourth-order valence-electron chi connectivity index (χ4n) is 3.00. The maximum Gasteiger partial charge on any atom is 0.0701 e. The highest BCUT2D eigenvalue weighted by molar-refractivity contribution is 9.11. The van der Waals surface area contributed by atoms with Crippen molar-refractivity contribution in [3.8, 4) is 0 Å². The Kier molecular flexibility index (Phi) is 5.28. The molecule has 0 atom stereocenters. The summed E-state index contributed by atoms with van der Waals surface area (Å²) in [5.41, 5.74) is 6.65. The van der Waals surface area contributed by atoms with Crippen LogP contribution in [0.2, 0.25) is 0 Å². The van der Waals surface area contributed by atoms with Crippen LogP contribution in [-0.4, -0.2) is 5.54 Å². The van der Waals surface area contributed by atoms with E-state index in [1.54, 1.807) is 0 Å². The highest BCUT2D eigenvalue weighted by Gasteiger charge is 2.31. The fraction of sp³-hybridized carbons (Fsp3) is 0.733. The summed E-state index contributed by atoms with van der Waals surface area (Å²) in [6.07, 6.45) is 10.3. The van der Waals surface area contributed by atoms with Gasteiger partial charge in [-0.15, -0.1) is 11.3 Å². The molecule has 1 aromatic rings. The number of unbranched alkanes of at least 4 members (excludes halogenated alkanes) is 1. The maximum atomic E-state index is 6.58. The van der Waals surface area contributed by atoms with Crippen LogP contribution in [0.5, 0.6) is 0 Å². The molecule has 2 rings (SSSR count). The largest absolute Gasteiger partial charge is 0.325 e. The second kappa shape index (κ2) is 6.53. The van der Waals surface area contributed by atoms with Gasteiger partial charge in [-0.25, -0.2) is 0 Å². The first-order valence-electron chi connectivity index (χ1n) is 7.14. The van der Waals surface area contributed by atoms with E-state index in [1.807, 2.05) is 11.3 Å². The Morgan fingerprint density at radius 1 is 1.39 bits per heavy atom. The molecule has 1 fully saturated rings. The molecule has 1 aliphatic rings. The normalized spacial score (nSPS) is 28.5. The van der Waals surface area contributed by atoms with Gasteiger partial charge in [-0.1, -0.05) is 26.2 Å². The van der Waals surface area contributed by atoms with Crippen LogP contribution in [0.3, 0.4) is 0 Å². The quantitative estimate of drug-likeness (QED) is 0.796. The lowest BCUT2D eigenvalue weighted by molar-refractivity contribution is 0.222. The summed E-state index contributed by atoms with van der Waals surface area (Å²) >= 11 is 5.36. The summed E-state index contributed by atoms with van der Waals surface area (Å²) in [6, 6.07) is 4.35. The van der Waals surface area contributed by atoms with Crippen molar-refractivity contribution in [2.75, 3.05) is 0 Å². The molecule has 0 aromatic carbocycles. The van der Waals surface area contributed by atoms with E-state index in [-0.39, 0.29) is 5.54 Å². The minimum absolute atomic E-state index is 0.0625. The smallest absolute Gasteiger partial charge is 0.0701 e. The first-order chi connectivity index (χ1) is 8.61. The van der Waals surface area contributed by atoms with Gasteiger partial charge in [-0.2, -0.15) is 0 Å². The van der Waals surface area contributed by atoms with E-state index in [0.29, 0.717) is 0 Å². The third-order valence-corrected chi connectivity index (χ3v) is 5.85. The van der Waals surface area contributed by atoms with Gasteiger partial charge in [0.25, 0.3) is 0 Å². The molecule has 0 radical (unpaired) electrons. The lowest BCUT2D eigenvalue weighted by atomic mass is 9.74. The van der Waals surface area contributed by atoms with Crippen molar-refractivity contribution in [3.05, 3.63) is 20.8 Å². The molecular weight excluding hydrogens is 306 g/mol. The van der Waals surface area contributed by atoms with Gasteiger partial charge in [0.15, 0.2) is 0 Å². The van der Waals surface area contributed by atoms with Crippen molar-refractivity contribution in [1.82, 2.24) is 0 Å². The first kappa shape index (κ1) is 14.5. The highest BCUT2D eigenvalue weighted by atomic mass is 79.9. The van der Waals surface area contributed by atoms with Gasteiger partial charge >= 0.3 is 0 Å². The first-order valence-corrected chi connectivity index (χ1v) is 8.75. The van der Waals surface area contributed by atoms with Gasteiger partial charge < -0.3 is 5.73 Å². The summed E-state index contributed by atoms with van der Waals surface area (Å²) in [4.78, 5) is 1.43. The number of nitrogens with two attached hydrogens (primary N) is 1. The number of hydrogen-bond acceptors (Lipinski definition) is 2. The molecule has 1 saturated carbocycles. The van der Waals surface area contributed by atoms with Gasteiger partial charge in [0, 0.05) is 10.4 Å². The number of rotatable bonds is 5. The third-order valence-electron chi connectivity index (χ3n) is 4.22. The molecule has 0 aliphatic heterocycles. The Labute approximate surface area is 123 Å². The third kappa shape index (κ3) is 4.07. The molecule has 1 aromatic heterocycles. The van der Waals surface area contributed by atoms with E-state index in [9.17, 15) is 0 Å². The maximum absolute atomic E-state index is 6.58. The molecule has 1 heterocycles. The zero-order chi connectivity index (χ0) is 13.0. The van der Waals surface area contributed by atoms with Crippen LogP contribution in [0.1, 0.15) is 56.7 Å². The minimum Gasteiger partial charge on any atom is -0.325 e. The molecular formula is C15H24BrNS. The van der Waals surface area contributed by atoms with Gasteiger partial charge in [-0.05, 0) is 66.1 Å². The zero-order valence-corrected chi connectivity index (χ0v) is 13.7. The predicted octanol–water partition coefficient (Wildman–Crippen LogP) is 5.13. The second-order valence-corrected chi connectivity index (χ2v) is 8.38. The molecule has 0 saturated heterocycles. The number of thiophene rings is 1. The van der Waals surface area contributed by atoms with Crippen molar-refractivity contribution in [1.29, 1.82) is 0 Å². The van der Waals surface area contributed by atoms with Gasteiger partial charge in [0.2, 0.25) is 0 Å². The second-order valence-electron chi connectivity index (χ2n) is 5.83. The molecule has 1 nitrogen and oxygen atoms in total. The molecule has 102 valence electrons. The van der Waals surface area contributed by atoms with E-state index < -0.39 is 0 Å². The summed E-state index contributed by atoms with van der Waals surface area (Å²) in [5.74, 6) is 0.941. The Morgan fingerprint density at radius 2 is 2.11 bits per heavy atom. The van der Waals surface area contributed by atoms with E-state index in [0.717, 1.165) is 12.3 Å². The van der Waals surface area contributed by atoms with Crippen LogP contribution in [-0.2, 0) is 6.42 Å². The highest BCUT2D eigenvalue weighted by Crippen LogP contribution is 2.36. The van der Waals surface area contributed by atoms with Crippen LogP contribution in [0, 0.1) is 5.92 Å². The number of hydrogen-bond donors (Lipinski definition) is 1. The monoisotopic (exact) mass is 329 g/mol. The molecule has 0 spiro atoms. The predicted molar refractivity (Wildman–Crippen MR) is 84.1 cm³/mol. The SMILES string of the molecule is CCCCC1CCC(N)(Cc2ccc(Br)s2)CC1. The summed E-state index contributed by atoms with van der Waals surface area (Å²) in [5, 5.41) is 0. The van der Waals surface area contributed by atoms with Crippen molar-refractivity contribution in [3.63, 3.8) is 0 Å². The van der Waals surface area contributed by atoms with Crippen molar-refractivity contribution < 1.29 is 0 Å². The zero-order valence-electron chi connectivity index (χ0n) is 11.3. The number of halogens is 1. The lowest BCUT2D eigenvalue weighted by Crippen LogP contribution is -2.45. The van der Waals surface area contributed by atoms with E-state index in [4.69, 9.17) is 5.73 Å². The van der Waals surface area contributed by atoms with Crippen LogP contribution in [0.25, 0.3) is 0 Å². The van der Waals surface area contributed by atoms with E-state index in [2.05, 4.69) is 35.0 Å². The Bertz CT molecular complexity index is 366.